The van der Waals surface area contributed by atoms with Crippen LogP contribution in [0.15, 0.2) is 18.2 Å². The van der Waals surface area contributed by atoms with Crippen molar-refractivity contribution in [2.45, 2.75) is 6.92 Å². The Hall–Kier alpha value is -1.55. The number of rotatable bonds is 2. The van der Waals surface area contributed by atoms with Crippen molar-refractivity contribution < 1.29 is 9.59 Å². The number of hydrogen-bond acceptors (Lipinski definition) is 2. The van der Waals surface area contributed by atoms with Gasteiger partial charge in [-0.15, -0.1) is 0 Å². The van der Waals surface area contributed by atoms with Gasteiger partial charge in [-0.1, -0.05) is 11.6 Å². The van der Waals surface area contributed by atoms with Gasteiger partial charge in [0, 0.05) is 24.3 Å². The first-order chi connectivity index (χ1) is 7.59. The van der Waals surface area contributed by atoms with Crippen molar-refractivity contribution in [1.29, 1.82) is 0 Å². The molecule has 1 heterocycles. The van der Waals surface area contributed by atoms with Gasteiger partial charge in [0.25, 0.3) is 0 Å². The van der Waals surface area contributed by atoms with Crippen molar-refractivity contribution in [1.82, 2.24) is 5.32 Å². The third-order valence-electron chi connectivity index (χ3n) is 2.50. The molecular weight excluding hydrogens is 228 g/mol. The van der Waals surface area contributed by atoms with Gasteiger partial charge in [-0.3, -0.25) is 9.69 Å². The molecule has 2 amide bonds. The number of anilines is 1. The van der Waals surface area contributed by atoms with Crippen molar-refractivity contribution in [3.8, 4) is 0 Å². The summed E-state index contributed by atoms with van der Waals surface area (Å²) in [6.07, 6.45) is 0. The predicted octanol–water partition coefficient (Wildman–Crippen LogP) is 2.07. The Kier molecular flexibility index (Phi) is 2.83. The van der Waals surface area contributed by atoms with Crippen LogP contribution in [0.2, 0.25) is 5.02 Å². The first-order valence-electron chi connectivity index (χ1n) is 4.95. The Morgan fingerprint density at radius 3 is 2.75 bits per heavy atom. The fraction of sp³-hybridized carbons (Fsp3) is 0.273. The number of nitrogens with one attached hydrogen (secondary N) is 1. The fourth-order valence-corrected chi connectivity index (χ4v) is 1.98. The summed E-state index contributed by atoms with van der Waals surface area (Å²) in [5.41, 5.74) is 1.19. The molecule has 1 aromatic rings. The SMILES string of the molecule is CC(=O)c1ccc(N2CCNC2=O)cc1Cl. The lowest BCUT2D eigenvalue weighted by atomic mass is 10.1. The van der Waals surface area contributed by atoms with Gasteiger partial charge in [-0.25, -0.2) is 4.79 Å². The molecule has 4 nitrogen and oxygen atoms in total. The number of halogens is 1. The molecule has 0 unspecified atom stereocenters. The highest BCUT2D eigenvalue weighted by atomic mass is 35.5. The number of benzene rings is 1. The lowest BCUT2D eigenvalue weighted by molar-refractivity contribution is 0.101. The summed E-state index contributed by atoms with van der Waals surface area (Å²) in [6, 6.07) is 4.88. The van der Waals surface area contributed by atoms with Crippen LogP contribution < -0.4 is 10.2 Å². The molecule has 0 aliphatic carbocycles. The van der Waals surface area contributed by atoms with Crippen molar-refractivity contribution in [2.75, 3.05) is 18.0 Å². The molecule has 84 valence electrons. The highest BCUT2D eigenvalue weighted by Crippen LogP contribution is 2.25. The van der Waals surface area contributed by atoms with E-state index in [0.29, 0.717) is 29.4 Å². The fourth-order valence-electron chi connectivity index (χ4n) is 1.68. The van der Waals surface area contributed by atoms with Crippen molar-refractivity contribution in [2.24, 2.45) is 0 Å². The van der Waals surface area contributed by atoms with Crippen LogP contribution in [-0.2, 0) is 0 Å². The van der Waals surface area contributed by atoms with Gasteiger partial charge in [0.2, 0.25) is 0 Å². The van der Waals surface area contributed by atoms with Crippen LogP contribution in [0.25, 0.3) is 0 Å². The summed E-state index contributed by atoms with van der Waals surface area (Å²) in [7, 11) is 0. The summed E-state index contributed by atoms with van der Waals surface area (Å²) in [6.45, 7) is 2.71. The van der Waals surface area contributed by atoms with Crippen LogP contribution in [0.4, 0.5) is 10.5 Å². The second-order valence-electron chi connectivity index (χ2n) is 3.60. The number of carbonyl (C=O) groups excluding carboxylic acids is 2. The number of Topliss-reactive ketones (excluding diaryl/α,β-unsaturated/α-hetero) is 1. The number of hydrogen-bond donors (Lipinski definition) is 1. The molecule has 0 aromatic heterocycles. The maximum Gasteiger partial charge on any atom is 0.321 e. The Bertz CT molecular complexity index is 459. The van der Waals surface area contributed by atoms with E-state index in [0.717, 1.165) is 0 Å². The van der Waals surface area contributed by atoms with Crippen LogP contribution >= 0.6 is 11.6 Å². The van der Waals surface area contributed by atoms with E-state index >= 15 is 0 Å². The standard InChI is InChI=1S/C11H11ClN2O2/c1-7(15)9-3-2-8(6-10(9)12)14-5-4-13-11(14)16/h2-3,6H,4-5H2,1H3,(H,13,16). The summed E-state index contributed by atoms with van der Waals surface area (Å²) in [5, 5.41) is 3.08. The predicted molar refractivity (Wildman–Crippen MR) is 62.2 cm³/mol. The van der Waals surface area contributed by atoms with Crippen LogP contribution in [0, 0.1) is 0 Å². The maximum absolute atomic E-state index is 11.4. The van der Waals surface area contributed by atoms with Gasteiger partial charge in [0.15, 0.2) is 5.78 Å². The van der Waals surface area contributed by atoms with Crippen LogP contribution in [0.5, 0.6) is 0 Å². The van der Waals surface area contributed by atoms with Crippen LogP contribution in [0.1, 0.15) is 17.3 Å². The zero-order valence-electron chi connectivity index (χ0n) is 8.79. The number of urea groups is 1. The highest BCUT2D eigenvalue weighted by Gasteiger charge is 2.21. The minimum absolute atomic E-state index is 0.0811. The first kappa shape index (κ1) is 11.0. The van der Waals surface area contributed by atoms with Gasteiger partial charge in [-0.2, -0.15) is 0 Å². The Morgan fingerprint density at radius 1 is 1.50 bits per heavy atom. The van der Waals surface area contributed by atoms with Crippen molar-refractivity contribution >= 4 is 29.1 Å². The van der Waals surface area contributed by atoms with E-state index in [-0.39, 0.29) is 11.8 Å². The molecule has 5 heteroatoms. The molecule has 1 saturated heterocycles. The maximum atomic E-state index is 11.4. The molecule has 0 atom stereocenters. The zero-order valence-corrected chi connectivity index (χ0v) is 9.54. The smallest absolute Gasteiger partial charge is 0.321 e. The third-order valence-corrected chi connectivity index (χ3v) is 2.81. The molecule has 0 radical (unpaired) electrons. The van der Waals surface area contributed by atoms with Gasteiger partial charge >= 0.3 is 6.03 Å². The van der Waals surface area contributed by atoms with Gasteiger partial charge in [0.1, 0.15) is 0 Å². The van der Waals surface area contributed by atoms with E-state index in [1.165, 1.54) is 6.92 Å². The first-order valence-corrected chi connectivity index (χ1v) is 5.33. The van der Waals surface area contributed by atoms with Crippen LogP contribution in [-0.4, -0.2) is 24.9 Å². The number of carbonyl (C=O) groups is 2. The summed E-state index contributed by atoms with van der Waals surface area (Å²) in [4.78, 5) is 24.2. The van der Waals surface area contributed by atoms with E-state index < -0.39 is 0 Å². The van der Waals surface area contributed by atoms with E-state index in [4.69, 9.17) is 11.6 Å². The Labute approximate surface area is 98.2 Å². The molecule has 0 spiro atoms. The summed E-state index contributed by atoms with van der Waals surface area (Å²) < 4.78 is 0. The van der Waals surface area contributed by atoms with Gasteiger partial charge < -0.3 is 5.32 Å². The Balaban J connectivity index is 2.34. The molecule has 1 aliphatic rings. The van der Waals surface area contributed by atoms with Crippen molar-refractivity contribution in [3.63, 3.8) is 0 Å². The molecule has 1 fully saturated rings. The van der Waals surface area contributed by atoms with Crippen LogP contribution in [0.3, 0.4) is 0 Å². The highest BCUT2D eigenvalue weighted by molar-refractivity contribution is 6.34. The summed E-state index contributed by atoms with van der Waals surface area (Å²) >= 11 is 5.97. The molecular formula is C11H11ClN2O2. The Morgan fingerprint density at radius 2 is 2.25 bits per heavy atom. The average molecular weight is 239 g/mol. The monoisotopic (exact) mass is 238 g/mol. The lowest BCUT2D eigenvalue weighted by Gasteiger charge is -2.15. The largest absolute Gasteiger partial charge is 0.336 e. The third kappa shape index (κ3) is 1.88. The van der Waals surface area contributed by atoms with E-state index in [1.807, 2.05) is 0 Å². The minimum Gasteiger partial charge on any atom is -0.336 e. The van der Waals surface area contributed by atoms with E-state index in [1.54, 1.807) is 23.1 Å². The summed E-state index contributed by atoms with van der Waals surface area (Å²) in [5.74, 6) is -0.0811. The lowest BCUT2D eigenvalue weighted by Crippen LogP contribution is -2.27. The number of nitrogens with zero attached hydrogens (tertiary/aromatic N) is 1. The van der Waals surface area contributed by atoms with Gasteiger partial charge in [0.05, 0.1) is 5.02 Å². The molecule has 0 saturated carbocycles. The average Bonchev–Trinajstić information content (AvgIpc) is 2.63. The molecule has 1 N–H and O–H groups in total. The van der Waals surface area contributed by atoms with E-state index in [2.05, 4.69) is 5.32 Å². The zero-order chi connectivity index (χ0) is 11.7. The molecule has 16 heavy (non-hydrogen) atoms. The minimum atomic E-state index is -0.133. The topological polar surface area (TPSA) is 49.4 Å². The second kappa shape index (κ2) is 4.14. The number of amides is 2. The quantitative estimate of drug-likeness (QED) is 0.802. The molecule has 2 rings (SSSR count). The van der Waals surface area contributed by atoms with Crippen molar-refractivity contribution in [3.05, 3.63) is 28.8 Å². The number of ketones is 1. The van der Waals surface area contributed by atoms with Gasteiger partial charge in [-0.05, 0) is 25.1 Å². The van der Waals surface area contributed by atoms with E-state index in [9.17, 15) is 9.59 Å². The molecule has 1 aliphatic heterocycles. The second-order valence-corrected chi connectivity index (χ2v) is 4.01. The molecule has 0 bridgehead atoms. The normalized spacial score (nSPS) is 15.1. The molecule has 1 aromatic carbocycles.